The molecule has 1 heterocycles. The van der Waals surface area contributed by atoms with Gasteiger partial charge in [-0.1, -0.05) is 24.6 Å². The van der Waals surface area contributed by atoms with Crippen LogP contribution in [0.25, 0.3) is 0 Å². The molecule has 1 atom stereocenters. The Morgan fingerprint density at radius 3 is 2.76 bits per heavy atom. The summed E-state index contributed by atoms with van der Waals surface area (Å²) < 4.78 is 7.62. The molecule has 4 nitrogen and oxygen atoms in total. The third-order valence-corrected chi connectivity index (χ3v) is 3.72. The SMILES string of the molecule is CCC(N)Cc1ccc(OCc2cnn(CC)c2)c(Cl)c1. The van der Waals surface area contributed by atoms with Crippen LogP contribution in [0.2, 0.25) is 5.02 Å². The molecule has 2 aromatic rings. The second-order valence-corrected chi connectivity index (χ2v) is 5.54. The summed E-state index contributed by atoms with van der Waals surface area (Å²) in [6, 6.07) is 6.03. The third kappa shape index (κ3) is 4.48. The maximum atomic E-state index is 6.27. The summed E-state index contributed by atoms with van der Waals surface area (Å²) in [6.45, 7) is 5.45. The highest BCUT2D eigenvalue weighted by Gasteiger charge is 2.07. The number of aryl methyl sites for hydroxylation is 1. The number of halogens is 1. The lowest BCUT2D eigenvalue weighted by Crippen LogP contribution is -2.21. The van der Waals surface area contributed by atoms with Crippen molar-refractivity contribution < 1.29 is 4.74 Å². The first-order chi connectivity index (χ1) is 10.1. The molecule has 5 heteroatoms. The molecule has 0 aliphatic heterocycles. The lowest BCUT2D eigenvalue weighted by Gasteiger charge is -2.11. The Morgan fingerprint density at radius 1 is 1.33 bits per heavy atom. The van der Waals surface area contributed by atoms with Crippen molar-refractivity contribution in [3.05, 3.63) is 46.7 Å². The number of nitrogens with two attached hydrogens (primary N) is 1. The molecule has 1 aromatic heterocycles. The van der Waals surface area contributed by atoms with Crippen molar-refractivity contribution in [3.63, 3.8) is 0 Å². The van der Waals surface area contributed by atoms with Gasteiger partial charge < -0.3 is 10.5 Å². The Hall–Kier alpha value is -1.52. The fraction of sp³-hybridized carbons (Fsp3) is 0.438. The van der Waals surface area contributed by atoms with Crippen molar-refractivity contribution in [1.82, 2.24) is 9.78 Å². The molecule has 0 bridgehead atoms. The van der Waals surface area contributed by atoms with Crippen molar-refractivity contribution >= 4 is 11.6 Å². The predicted octanol–water partition coefficient (Wildman–Crippen LogP) is 3.42. The molecular formula is C16H22ClN3O. The van der Waals surface area contributed by atoms with Crippen molar-refractivity contribution in [2.75, 3.05) is 0 Å². The van der Waals surface area contributed by atoms with Crippen LogP contribution in [0.5, 0.6) is 5.75 Å². The van der Waals surface area contributed by atoms with E-state index in [4.69, 9.17) is 22.1 Å². The minimum absolute atomic E-state index is 0.174. The van der Waals surface area contributed by atoms with E-state index < -0.39 is 0 Å². The van der Waals surface area contributed by atoms with Gasteiger partial charge in [-0.2, -0.15) is 5.10 Å². The maximum absolute atomic E-state index is 6.27. The van der Waals surface area contributed by atoms with Gasteiger partial charge >= 0.3 is 0 Å². The highest BCUT2D eigenvalue weighted by molar-refractivity contribution is 6.32. The zero-order valence-corrected chi connectivity index (χ0v) is 13.3. The van der Waals surface area contributed by atoms with Gasteiger partial charge in [0.1, 0.15) is 12.4 Å². The minimum Gasteiger partial charge on any atom is -0.487 e. The Kier molecular flexibility index (Phi) is 5.65. The first kappa shape index (κ1) is 15.9. The Morgan fingerprint density at radius 2 is 2.14 bits per heavy atom. The molecule has 0 fully saturated rings. The zero-order chi connectivity index (χ0) is 15.2. The predicted molar refractivity (Wildman–Crippen MR) is 85.7 cm³/mol. The Labute approximate surface area is 130 Å². The van der Waals surface area contributed by atoms with Crippen LogP contribution in [0.3, 0.4) is 0 Å². The van der Waals surface area contributed by atoms with Gasteiger partial charge in [0.15, 0.2) is 0 Å². The molecule has 0 spiro atoms. The molecule has 114 valence electrons. The number of hydrogen-bond donors (Lipinski definition) is 1. The average molecular weight is 308 g/mol. The number of rotatable bonds is 7. The lowest BCUT2D eigenvalue weighted by molar-refractivity contribution is 0.306. The van der Waals surface area contributed by atoms with Crippen molar-refractivity contribution in [3.8, 4) is 5.75 Å². The van der Waals surface area contributed by atoms with E-state index in [2.05, 4.69) is 12.0 Å². The fourth-order valence-corrected chi connectivity index (χ4v) is 2.31. The minimum atomic E-state index is 0.174. The monoisotopic (exact) mass is 307 g/mol. The molecule has 0 aliphatic rings. The average Bonchev–Trinajstić information content (AvgIpc) is 2.94. The summed E-state index contributed by atoms with van der Waals surface area (Å²) in [5, 5.41) is 4.84. The van der Waals surface area contributed by atoms with E-state index in [9.17, 15) is 0 Å². The zero-order valence-electron chi connectivity index (χ0n) is 12.6. The summed E-state index contributed by atoms with van der Waals surface area (Å²) in [6.07, 6.45) is 5.58. The summed E-state index contributed by atoms with van der Waals surface area (Å²) >= 11 is 6.27. The van der Waals surface area contributed by atoms with Crippen LogP contribution in [0, 0.1) is 0 Å². The number of aromatic nitrogens is 2. The van der Waals surface area contributed by atoms with E-state index in [1.165, 1.54) is 0 Å². The molecule has 21 heavy (non-hydrogen) atoms. The van der Waals surface area contributed by atoms with E-state index in [1.807, 2.05) is 42.2 Å². The van der Waals surface area contributed by atoms with E-state index in [-0.39, 0.29) is 6.04 Å². The van der Waals surface area contributed by atoms with E-state index in [0.717, 1.165) is 30.5 Å². The van der Waals surface area contributed by atoms with Gasteiger partial charge in [0.2, 0.25) is 0 Å². The topological polar surface area (TPSA) is 53.1 Å². The largest absolute Gasteiger partial charge is 0.487 e. The van der Waals surface area contributed by atoms with Gasteiger partial charge in [-0.3, -0.25) is 4.68 Å². The summed E-state index contributed by atoms with van der Waals surface area (Å²) in [5.74, 6) is 0.690. The van der Waals surface area contributed by atoms with Gasteiger partial charge in [-0.25, -0.2) is 0 Å². The van der Waals surface area contributed by atoms with E-state index in [0.29, 0.717) is 17.4 Å². The first-order valence-corrected chi connectivity index (χ1v) is 7.68. The van der Waals surface area contributed by atoms with E-state index >= 15 is 0 Å². The summed E-state index contributed by atoms with van der Waals surface area (Å²) in [7, 11) is 0. The fourth-order valence-electron chi connectivity index (χ4n) is 2.05. The van der Waals surface area contributed by atoms with Crippen LogP contribution >= 0.6 is 11.6 Å². The van der Waals surface area contributed by atoms with Crippen molar-refractivity contribution in [2.24, 2.45) is 5.73 Å². The number of nitrogens with zero attached hydrogens (tertiary/aromatic N) is 2. The van der Waals surface area contributed by atoms with Gasteiger partial charge in [0.25, 0.3) is 0 Å². The molecule has 2 rings (SSSR count). The highest BCUT2D eigenvalue weighted by atomic mass is 35.5. The molecular weight excluding hydrogens is 286 g/mol. The number of hydrogen-bond acceptors (Lipinski definition) is 3. The summed E-state index contributed by atoms with van der Waals surface area (Å²) in [4.78, 5) is 0. The van der Waals surface area contributed by atoms with E-state index in [1.54, 1.807) is 0 Å². The van der Waals surface area contributed by atoms with Crippen LogP contribution < -0.4 is 10.5 Å². The summed E-state index contributed by atoms with van der Waals surface area (Å²) in [5.41, 5.74) is 8.13. The van der Waals surface area contributed by atoms with Gasteiger partial charge in [0.05, 0.1) is 11.2 Å². The van der Waals surface area contributed by atoms with Crippen LogP contribution in [0.15, 0.2) is 30.6 Å². The maximum Gasteiger partial charge on any atom is 0.138 e. The third-order valence-electron chi connectivity index (χ3n) is 3.42. The smallest absolute Gasteiger partial charge is 0.138 e. The quantitative estimate of drug-likeness (QED) is 0.853. The van der Waals surface area contributed by atoms with Gasteiger partial charge in [0, 0.05) is 24.3 Å². The van der Waals surface area contributed by atoms with Crippen molar-refractivity contribution in [2.45, 2.75) is 45.9 Å². The molecule has 2 N–H and O–H groups in total. The van der Waals surface area contributed by atoms with Crippen LogP contribution in [-0.2, 0) is 19.6 Å². The standard InChI is InChI=1S/C16H22ClN3O/c1-3-14(18)7-12-5-6-16(15(17)8-12)21-11-13-9-19-20(4-2)10-13/h5-6,8-10,14H,3-4,7,11,18H2,1-2H3. The molecule has 1 aromatic carbocycles. The second kappa shape index (κ2) is 7.48. The van der Waals surface area contributed by atoms with Crippen LogP contribution in [0.1, 0.15) is 31.4 Å². The molecule has 1 unspecified atom stereocenters. The normalized spacial score (nSPS) is 12.4. The van der Waals surface area contributed by atoms with Gasteiger partial charge in [-0.15, -0.1) is 0 Å². The molecule has 0 radical (unpaired) electrons. The van der Waals surface area contributed by atoms with Gasteiger partial charge in [-0.05, 0) is 37.5 Å². The molecule has 0 aliphatic carbocycles. The molecule has 0 saturated heterocycles. The molecule has 0 saturated carbocycles. The second-order valence-electron chi connectivity index (χ2n) is 5.13. The first-order valence-electron chi connectivity index (χ1n) is 7.30. The highest BCUT2D eigenvalue weighted by Crippen LogP contribution is 2.26. The Bertz CT molecular complexity index is 583. The lowest BCUT2D eigenvalue weighted by atomic mass is 10.0. The number of benzene rings is 1. The number of ether oxygens (including phenoxy) is 1. The van der Waals surface area contributed by atoms with Crippen molar-refractivity contribution in [1.29, 1.82) is 0 Å². The van der Waals surface area contributed by atoms with Crippen LogP contribution in [0.4, 0.5) is 0 Å². The Balaban J connectivity index is 1.97. The van der Waals surface area contributed by atoms with Crippen LogP contribution in [-0.4, -0.2) is 15.8 Å². The molecule has 0 amide bonds.